The van der Waals surface area contributed by atoms with Gasteiger partial charge in [0.1, 0.15) is 17.9 Å². The average Bonchev–Trinajstić information content (AvgIpc) is 4.14. The molecule has 6 heterocycles. The zero-order valence-electron chi connectivity index (χ0n) is 36.8. The molecule has 3 fully saturated rings. The maximum absolute atomic E-state index is 13.8. The van der Waals surface area contributed by atoms with Crippen LogP contribution in [0.15, 0.2) is 53.5 Å². The fourth-order valence-corrected chi connectivity index (χ4v) is 10.9. The zero-order valence-corrected chi connectivity index (χ0v) is 36.8. The molecule has 5 aliphatic rings. The maximum atomic E-state index is 13.8. The fourth-order valence-electron chi connectivity index (χ4n) is 10.9. The van der Waals surface area contributed by atoms with Crippen molar-refractivity contribution in [1.82, 2.24) is 35.3 Å². The largest absolute Gasteiger partial charge is 0.453 e. The molecule has 62 heavy (non-hydrogen) atoms. The predicted octanol–water partition coefficient (Wildman–Crippen LogP) is 7.76. The van der Waals surface area contributed by atoms with Gasteiger partial charge in [0, 0.05) is 37.3 Å². The third kappa shape index (κ3) is 7.19. The van der Waals surface area contributed by atoms with Gasteiger partial charge in [0.2, 0.25) is 11.8 Å². The van der Waals surface area contributed by atoms with Gasteiger partial charge in [-0.05, 0) is 121 Å². The third-order valence-corrected chi connectivity index (χ3v) is 14.0. The molecule has 9 rings (SSSR count). The second-order valence-electron chi connectivity index (χ2n) is 18.3. The molecule has 0 aliphatic carbocycles. The van der Waals surface area contributed by atoms with Gasteiger partial charge in [-0.1, -0.05) is 52.0 Å². The lowest BCUT2D eigenvalue weighted by Gasteiger charge is -2.30. The number of carbonyl (C=O) groups is 4. The van der Waals surface area contributed by atoms with E-state index >= 15 is 0 Å². The summed E-state index contributed by atoms with van der Waals surface area (Å²) in [5, 5.41) is 5.50. The van der Waals surface area contributed by atoms with E-state index in [1.807, 2.05) is 37.5 Å². The van der Waals surface area contributed by atoms with Crippen molar-refractivity contribution < 1.29 is 28.7 Å². The first kappa shape index (κ1) is 41.6. The highest BCUT2D eigenvalue weighted by Crippen LogP contribution is 2.57. The first-order chi connectivity index (χ1) is 29.9. The molecule has 0 spiro atoms. The molecule has 0 radical (unpaired) electrons. The molecular weight excluding hydrogens is 785 g/mol. The Bertz CT molecular complexity index is 2480. The number of fused-ring (bicyclic) bond motifs is 7. The van der Waals surface area contributed by atoms with E-state index in [-0.39, 0.29) is 35.7 Å². The van der Waals surface area contributed by atoms with Crippen LogP contribution in [0.1, 0.15) is 107 Å². The molecule has 5 aliphatic heterocycles. The summed E-state index contributed by atoms with van der Waals surface area (Å²) in [6.45, 7) is 8.94. The quantitative estimate of drug-likeness (QED) is 0.146. The first-order valence-corrected chi connectivity index (χ1v) is 22.3. The van der Waals surface area contributed by atoms with Crippen molar-refractivity contribution in [3.05, 3.63) is 71.0 Å². The predicted molar refractivity (Wildman–Crippen MR) is 237 cm³/mol. The Kier molecular flexibility index (Phi) is 11.1. The molecule has 3 saturated heterocycles. The monoisotopic (exact) mass is 842 g/mol. The number of benzene rings is 3. The number of aromatic amines is 1. The molecule has 326 valence electrons. The number of aliphatic imine (C=N–C) groups is 1. The van der Waals surface area contributed by atoms with E-state index in [1.54, 1.807) is 0 Å². The minimum Gasteiger partial charge on any atom is -0.453 e. The Labute approximate surface area is 362 Å². The van der Waals surface area contributed by atoms with Crippen molar-refractivity contribution in [1.29, 1.82) is 0 Å². The average molecular weight is 843 g/mol. The van der Waals surface area contributed by atoms with Gasteiger partial charge in [0.15, 0.2) is 0 Å². The van der Waals surface area contributed by atoms with E-state index in [0.717, 1.165) is 72.3 Å². The number of alkyl carbamates (subject to hydrolysis) is 2. The standard InChI is InChI=1S/C48H58N8O6/c1-25(2)42(52-47(59)61-6)45(57)55-20-8-10-36(55)35-24-29-22-27(12-16-32(29)49-35)30-14-15-31(41-38-19-18-37(40(30)41)54(38)5)28-13-17-33-34(23-28)51-44(50-33)39-11-9-21-56(39)46(58)43(26(3)4)53-48(60)62-7/h12-17,22-23,25-26,36-39,42-43H,8-11,18-21,24H2,1-7H3,(H,50,51)(H,52,59)(H,53,60)/t36-,37?,38?,39-,42-,43-/m0/s1. The normalized spacial score (nSPS) is 22.6. The lowest BCUT2D eigenvalue weighted by molar-refractivity contribution is -0.135. The van der Waals surface area contributed by atoms with Crippen molar-refractivity contribution in [3.63, 3.8) is 0 Å². The van der Waals surface area contributed by atoms with Crippen LogP contribution in [-0.4, -0.2) is 107 Å². The number of likely N-dealkylation sites (tertiary alicyclic amines) is 2. The Morgan fingerprint density at radius 2 is 1.26 bits per heavy atom. The summed E-state index contributed by atoms with van der Waals surface area (Å²) >= 11 is 0. The van der Waals surface area contributed by atoms with Crippen molar-refractivity contribution >= 4 is 46.4 Å². The van der Waals surface area contributed by atoms with Gasteiger partial charge >= 0.3 is 12.2 Å². The van der Waals surface area contributed by atoms with Gasteiger partial charge < -0.3 is 34.9 Å². The first-order valence-electron chi connectivity index (χ1n) is 22.3. The van der Waals surface area contributed by atoms with Crippen LogP contribution in [0.4, 0.5) is 15.3 Å². The maximum Gasteiger partial charge on any atom is 0.407 e. The number of amides is 4. The van der Waals surface area contributed by atoms with Gasteiger partial charge in [-0.2, -0.15) is 0 Å². The summed E-state index contributed by atoms with van der Waals surface area (Å²) in [5.74, 6) is 0.342. The molecule has 3 aromatic carbocycles. The molecule has 14 nitrogen and oxygen atoms in total. The number of hydrogen-bond donors (Lipinski definition) is 3. The molecule has 2 bridgehead atoms. The van der Waals surface area contributed by atoms with Crippen LogP contribution in [0.3, 0.4) is 0 Å². The number of rotatable bonds is 10. The molecule has 0 saturated carbocycles. The summed E-state index contributed by atoms with van der Waals surface area (Å²) in [6, 6.07) is 16.6. The topological polar surface area (TPSA) is 162 Å². The van der Waals surface area contributed by atoms with Crippen molar-refractivity contribution in [2.45, 2.75) is 109 Å². The molecule has 6 atom stereocenters. The van der Waals surface area contributed by atoms with Crippen LogP contribution in [0, 0.1) is 11.8 Å². The van der Waals surface area contributed by atoms with Crippen molar-refractivity contribution in [2.75, 3.05) is 34.4 Å². The number of nitrogens with zero attached hydrogens (tertiary/aromatic N) is 5. The number of carbonyl (C=O) groups excluding carboxylic acids is 4. The second kappa shape index (κ2) is 16.5. The Morgan fingerprint density at radius 3 is 1.84 bits per heavy atom. The molecule has 14 heteroatoms. The Morgan fingerprint density at radius 1 is 0.710 bits per heavy atom. The Hall–Kier alpha value is -5.76. The minimum atomic E-state index is -0.692. The third-order valence-electron chi connectivity index (χ3n) is 14.0. The summed E-state index contributed by atoms with van der Waals surface area (Å²) in [6.07, 6.45) is 5.06. The molecule has 3 N–H and O–H groups in total. The lowest BCUT2D eigenvalue weighted by atomic mass is 9.81. The van der Waals surface area contributed by atoms with Crippen LogP contribution < -0.4 is 10.6 Å². The fraction of sp³-hybridized carbons (Fsp3) is 0.500. The molecule has 1 aromatic heterocycles. The van der Waals surface area contributed by atoms with E-state index in [2.05, 4.69) is 76.1 Å². The number of H-pyrrole nitrogens is 1. The van der Waals surface area contributed by atoms with Gasteiger partial charge in [-0.25, -0.2) is 14.6 Å². The van der Waals surface area contributed by atoms with E-state index < -0.39 is 24.3 Å². The zero-order chi connectivity index (χ0) is 43.6. The van der Waals surface area contributed by atoms with Crippen molar-refractivity contribution in [3.8, 4) is 22.3 Å². The number of methoxy groups -OCH3 is 2. The summed E-state index contributed by atoms with van der Waals surface area (Å²) < 4.78 is 9.65. The van der Waals surface area contributed by atoms with Crippen LogP contribution in [-0.2, 0) is 25.5 Å². The molecule has 2 unspecified atom stereocenters. The summed E-state index contributed by atoms with van der Waals surface area (Å²) in [4.78, 5) is 71.9. The highest BCUT2D eigenvalue weighted by atomic mass is 16.5. The van der Waals surface area contributed by atoms with Gasteiger partial charge in [-0.15, -0.1) is 0 Å². The highest BCUT2D eigenvalue weighted by molar-refractivity contribution is 6.01. The minimum absolute atomic E-state index is 0.0900. The van der Waals surface area contributed by atoms with Crippen LogP contribution in [0.25, 0.3) is 33.3 Å². The van der Waals surface area contributed by atoms with E-state index in [9.17, 15) is 19.2 Å². The number of imidazole rings is 1. The van der Waals surface area contributed by atoms with Crippen LogP contribution >= 0.6 is 0 Å². The summed E-state index contributed by atoms with van der Waals surface area (Å²) in [7, 11) is 4.87. The highest BCUT2D eigenvalue weighted by Gasteiger charge is 2.45. The number of nitrogens with one attached hydrogen (secondary N) is 3. The van der Waals surface area contributed by atoms with Gasteiger partial charge in [0.05, 0.1) is 43.0 Å². The number of aromatic nitrogens is 2. The van der Waals surface area contributed by atoms with Crippen LogP contribution in [0.5, 0.6) is 0 Å². The number of hydrogen-bond acceptors (Lipinski definition) is 9. The SMILES string of the molecule is COC(=O)N[C@H](C(=O)N1CCC[C@H]1C1=Nc2ccc(-c3ccc(-c4ccc5nc([C@@H]6CCCN6C(=O)[C@@H](NC(=O)OC)C(C)C)[nH]c5c4)c4c3C3CCC4N3C)cc2C1)C(C)C. The van der Waals surface area contributed by atoms with Gasteiger partial charge in [-0.3, -0.25) is 19.5 Å². The smallest absolute Gasteiger partial charge is 0.407 e. The van der Waals surface area contributed by atoms with E-state index in [4.69, 9.17) is 19.5 Å². The molecular formula is C48H58N8O6. The van der Waals surface area contributed by atoms with E-state index in [1.165, 1.54) is 47.6 Å². The number of ether oxygens (including phenoxy) is 2. The molecule has 4 amide bonds. The van der Waals surface area contributed by atoms with Crippen molar-refractivity contribution in [2.24, 2.45) is 16.8 Å². The Balaban J connectivity index is 0.979. The molecule has 4 aromatic rings. The summed E-state index contributed by atoms with van der Waals surface area (Å²) in [5.41, 5.74) is 12.5. The lowest BCUT2D eigenvalue weighted by Crippen LogP contribution is -2.53. The van der Waals surface area contributed by atoms with Gasteiger partial charge in [0.25, 0.3) is 0 Å². The van der Waals surface area contributed by atoms with E-state index in [0.29, 0.717) is 31.6 Å². The second-order valence-corrected chi connectivity index (χ2v) is 18.3. The van der Waals surface area contributed by atoms with Crippen LogP contribution in [0.2, 0.25) is 0 Å².